The Hall–Kier alpha value is -2.55. The van der Waals surface area contributed by atoms with Crippen molar-refractivity contribution < 1.29 is 37.6 Å². The summed E-state index contributed by atoms with van der Waals surface area (Å²) in [5.41, 5.74) is 5.32. The second-order valence-corrected chi connectivity index (χ2v) is 13.9. The van der Waals surface area contributed by atoms with E-state index in [1.165, 1.54) is 64.2 Å². The van der Waals surface area contributed by atoms with E-state index in [0.29, 0.717) is 12.8 Å². The van der Waals surface area contributed by atoms with Crippen molar-refractivity contribution in [2.45, 2.75) is 148 Å². The summed E-state index contributed by atoms with van der Waals surface area (Å²) in [6, 6.07) is 0. The minimum absolute atomic E-state index is 0.0351. The first-order chi connectivity index (χ1) is 24.8. The molecule has 0 amide bonds. The van der Waals surface area contributed by atoms with Gasteiger partial charge >= 0.3 is 19.8 Å². The van der Waals surface area contributed by atoms with Gasteiger partial charge in [0.2, 0.25) is 0 Å². The Kier molecular flexibility index (Phi) is 35.4. The van der Waals surface area contributed by atoms with Crippen molar-refractivity contribution in [1.29, 1.82) is 0 Å². The Morgan fingerprint density at radius 2 is 1.06 bits per heavy atom. The lowest BCUT2D eigenvalue weighted by Gasteiger charge is -2.19. The normalized spacial score (nSPS) is 14.2. The summed E-state index contributed by atoms with van der Waals surface area (Å²) >= 11 is 0. The van der Waals surface area contributed by atoms with Gasteiger partial charge in [-0.2, -0.15) is 0 Å². The molecular weight excluding hydrogens is 665 g/mol. The number of unbranched alkanes of at least 4 members (excludes halogenated alkanes) is 10. The summed E-state index contributed by atoms with van der Waals surface area (Å²) in [4.78, 5) is 34.7. The van der Waals surface area contributed by atoms with E-state index in [1.807, 2.05) is 18.2 Å². The average molecular weight is 736 g/mol. The molecule has 292 valence electrons. The van der Waals surface area contributed by atoms with Crippen molar-refractivity contribution in [2.24, 2.45) is 5.73 Å². The number of carbonyl (C=O) groups is 2. The van der Waals surface area contributed by atoms with Crippen LogP contribution in [0.4, 0.5) is 0 Å². The lowest BCUT2D eigenvalue weighted by Crippen LogP contribution is -2.29. The Balaban J connectivity index is 4.40. The van der Waals surface area contributed by atoms with Crippen LogP contribution in [0.3, 0.4) is 0 Å². The second-order valence-electron chi connectivity index (χ2n) is 12.4. The molecule has 0 heterocycles. The van der Waals surface area contributed by atoms with E-state index in [1.54, 1.807) is 0 Å². The number of phosphoric ester groups is 1. The molecule has 0 saturated heterocycles. The maximum atomic E-state index is 12.5. The SMILES string of the molecule is CCCCC/C=C/C/C=C/C/C=C/C/C=C/CCCC(=O)OCC(COP(=O)(O)OCCN)OC(=O)CC/C=C/C/C=C/CCCCCCCC. The highest BCUT2D eigenvalue weighted by atomic mass is 31.2. The van der Waals surface area contributed by atoms with E-state index in [4.69, 9.17) is 24.3 Å². The van der Waals surface area contributed by atoms with Gasteiger partial charge in [0, 0.05) is 19.4 Å². The lowest BCUT2D eigenvalue weighted by atomic mass is 10.1. The third kappa shape index (κ3) is 37.0. The van der Waals surface area contributed by atoms with Gasteiger partial charge in [-0.3, -0.25) is 18.6 Å². The molecule has 0 aromatic rings. The van der Waals surface area contributed by atoms with Crippen LogP contribution in [0.5, 0.6) is 0 Å². The van der Waals surface area contributed by atoms with Gasteiger partial charge in [-0.1, -0.05) is 132 Å². The van der Waals surface area contributed by atoms with Crippen molar-refractivity contribution in [2.75, 3.05) is 26.4 Å². The topological polar surface area (TPSA) is 134 Å². The maximum absolute atomic E-state index is 12.5. The molecule has 2 atom stereocenters. The number of carbonyl (C=O) groups excluding carboxylic acids is 2. The minimum atomic E-state index is -4.40. The Morgan fingerprint density at radius 1 is 0.588 bits per heavy atom. The monoisotopic (exact) mass is 735 g/mol. The maximum Gasteiger partial charge on any atom is 0.472 e. The molecule has 2 unspecified atom stereocenters. The van der Waals surface area contributed by atoms with Gasteiger partial charge in [0.15, 0.2) is 6.10 Å². The summed E-state index contributed by atoms with van der Waals surface area (Å²) in [7, 11) is -4.40. The number of nitrogens with two attached hydrogens (primary N) is 1. The van der Waals surface area contributed by atoms with Crippen LogP contribution >= 0.6 is 7.82 Å². The molecular formula is C41H70NO8P. The lowest BCUT2D eigenvalue weighted by molar-refractivity contribution is -0.161. The molecule has 0 radical (unpaired) electrons. The van der Waals surface area contributed by atoms with E-state index < -0.39 is 32.5 Å². The van der Waals surface area contributed by atoms with Crippen molar-refractivity contribution in [1.82, 2.24) is 0 Å². The van der Waals surface area contributed by atoms with Crippen LogP contribution in [-0.2, 0) is 32.7 Å². The van der Waals surface area contributed by atoms with Crippen molar-refractivity contribution >= 4 is 19.8 Å². The van der Waals surface area contributed by atoms with Gasteiger partial charge in [0.1, 0.15) is 6.61 Å². The van der Waals surface area contributed by atoms with Crippen LogP contribution in [0.15, 0.2) is 72.9 Å². The molecule has 0 saturated carbocycles. The number of allylic oxidation sites excluding steroid dienone is 12. The van der Waals surface area contributed by atoms with Crippen LogP contribution < -0.4 is 5.73 Å². The highest BCUT2D eigenvalue weighted by Gasteiger charge is 2.25. The molecule has 3 N–H and O–H groups in total. The summed E-state index contributed by atoms with van der Waals surface area (Å²) < 4.78 is 32.5. The molecule has 10 heteroatoms. The number of phosphoric acid groups is 1. The number of hydrogen-bond acceptors (Lipinski definition) is 8. The summed E-state index contributed by atoms with van der Waals surface area (Å²) in [5.74, 6) is -0.981. The van der Waals surface area contributed by atoms with Crippen LogP contribution in [0.1, 0.15) is 142 Å². The first-order valence-electron chi connectivity index (χ1n) is 19.4. The molecule has 0 spiro atoms. The van der Waals surface area contributed by atoms with E-state index in [2.05, 4.69) is 68.5 Å². The van der Waals surface area contributed by atoms with Crippen molar-refractivity contribution in [3.05, 3.63) is 72.9 Å². The second kappa shape index (κ2) is 37.2. The van der Waals surface area contributed by atoms with Gasteiger partial charge in [-0.05, 0) is 70.6 Å². The van der Waals surface area contributed by atoms with Crippen LogP contribution in [-0.4, -0.2) is 49.3 Å². The number of esters is 2. The molecule has 0 rings (SSSR count). The molecule has 0 bridgehead atoms. The largest absolute Gasteiger partial charge is 0.472 e. The zero-order valence-electron chi connectivity index (χ0n) is 31.8. The quantitative estimate of drug-likeness (QED) is 0.0282. The van der Waals surface area contributed by atoms with E-state index in [0.717, 1.165) is 38.5 Å². The van der Waals surface area contributed by atoms with Gasteiger partial charge in [-0.15, -0.1) is 0 Å². The molecule has 9 nitrogen and oxygen atoms in total. The molecule has 0 fully saturated rings. The predicted molar refractivity (Wildman–Crippen MR) is 210 cm³/mol. The van der Waals surface area contributed by atoms with E-state index in [9.17, 15) is 19.0 Å². The predicted octanol–water partition coefficient (Wildman–Crippen LogP) is 10.7. The van der Waals surface area contributed by atoms with Crippen LogP contribution in [0.25, 0.3) is 0 Å². The Labute approximate surface area is 310 Å². The Bertz CT molecular complexity index is 1070. The zero-order chi connectivity index (χ0) is 37.5. The fourth-order valence-electron chi connectivity index (χ4n) is 4.68. The zero-order valence-corrected chi connectivity index (χ0v) is 32.7. The fraction of sp³-hybridized carbons (Fsp3) is 0.659. The summed E-state index contributed by atoms with van der Waals surface area (Å²) in [6.45, 7) is 3.53. The Morgan fingerprint density at radius 3 is 1.63 bits per heavy atom. The van der Waals surface area contributed by atoms with Gasteiger partial charge in [-0.25, -0.2) is 4.57 Å². The van der Waals surface area contributed by atoms with Crippen molar-refractivity contribution in [3.63, 3.8) is 0 Å². The minimum Gasteiger partial charge on any atom is -0.462 e. The van der Waals surface area contributed by atoms with Gasteiger partial charge < -0.3 is 20.1 Å². The van der Waals surface area contributed by atoms with Crippen molar-refractivity contribution in [3.8, 4) is 0 Å². The smallest absolute Gasteiger partial charge is 0.462 e. The van der Waals surface area contributed by atoms with Gasteiger partial charge in [0.25, 0.3) is 0 Å². The standard InChI is InChI=1S/C41H70NO8P/c1-3-5-7-9-11-13-15-17-18-19-20-22-23-25-27-29-31-33-40(43)47-37-39(38-49-51(45,46)48-36-35-42)50-41(44)34-32-30-28-26-24-21-16-14-12-10-8-6-4-2/h11,13,17-18,20-22,24-25,27-28,30,39H,3-10,12,14-16,19,23,26,29,31-38,42H2,1-2H3,(H,45,46)/b13-11+,18-17+,22-20+,24-21+,27-25+,30-28+. The van der Waals surface area contributed by atoms with Crippen LogP contribution in [0.2, 0.25) is 0 Å². The van der Waals surface area contributed by atoms with Crippen LogP contribution in [0, 0.1) is 0 Å². The average Bonchev–Trinajstić information content (AvgIpc) is 3.11. The number of ether oxygens (including phenoxy) is 2. The first-order valence-corrected chi connectivity index (χ1v) is 20.9. The molecule has 0 aromatic carbocycles. The highest BCUT2D eigenvalue weighted by Crippen LogP contribution is 2.43. The molecule has 0 aromatic heterocycles. The van der Waals surface area contributed by atoms with E-state index >= 15 is 0 Å². The third-order valence-electron chi connectivity index (χ3n) is 7.58. The third-order valence-corrected chi connectivity index (χ3v) is 8.56. The van der Waals surface area contributed by atoms with Gasteiger partial charge in [0.05, 0.1) is 13.2 Å². The fourth-order valence-corrected chi connectivity index (χ4v) is 5.44. The molecule has 0 aliphatic rings. The highest BCUT2D eigenvalue weighted by molar-refractivity contribution is 7.47. The number of rotatable bonds is 35. The number of hydrogen-bond donors (Lipinski definition) is 2. The molecule has 0 aliphatic carbocycles. The van der Waals surface area contributed by atoms with E-state index in [-0.39, 0.29) is 32.6 Å². The molecule has 0 aliphatic heterocycles. The summed E-state index contributed by atoms with van der Waals surface area (Å²) in [6.07, 6.45) is 43.8. The molecule has 51 heavy (non-hydrogen) atoms. The first kappa shape index (κ1) is 48.5. The summed E-state index contributed by atoms with van der Waals surface area (Å²) in [5, 5.41) is 0.